The maximum atomic E-state index is 11.2. The summed E-state index contributed by atoms with van der Waals surface area (Å²) in [6, 6.07) is 0. The predicted molar refractivity (Wildman–Crippen MR) is 60.4 cm³/mol. The highest BCUT2D eigenvalue weighted by atomic mass is 32.2. The first kappa shape index (κ1) is 13.8. The second kappa shape index (κ2) is 7.12. The summed E-state index contributed by atoms with van der Waals surface area (Å²) in [5.74, 6) is -0.504. The average molecular weight is 229 g/mol. The van der Waals surface area contributed by atoms with Gasteiger partial charge in [0.15, 0.2) is 5.17 Å². The maximum Gasteiger partial charge on any atom is 0.310 e. The van der Waals surface area contributed by atoms with E-state index in [1.165, 1.54) is 18.9 Å². The molecule has 0 spiro atoms. The molecule has 0 aromatic carbocycles. The van der Waals surface area contributed by atoms with E-state index in [-0.39, 0.29) is 11.9 Å². The molecule has 0 radical (unpaired) electrons. The van der Waals surface area contributed by atoms with Gasteiger partial charge in [0.05, 0.1) is 13.0 Å². The summed E-state index contributed by atoms with van der Waals surface area (Å²) in [7, 11) is 3.14. The molecule has 0 aliphatic carbocycles. The van der Waals surface area contributed by atoms with Gasteiger partial charge in [-0.2, -0.15) is 5.26 Å². The molecular weight excluding hydrogens is 214 g/mol. The number of carbonyl (C=O) groups excluding carboxylic acids is 1. The SMILES string of the molecule is COC(=O)C(C)CN(C)C(=NC#N)SC. The third-order valence-electron chi connectivity index (χ3n) is 1.81. The van der Waals surface area contributed by atoms with Crippen molar-refractivity contribution < 1.29 is 9.53 Å². The van der Waals surface area contributed by atoms with Crippen LogP contribution < -0.4 is 0 Å². The zero-order valence-electron chi connectivity index (χ0n) is 9.35. The zero-order chi connectivity index (χ0) is 11.8. The minimum absolute atomic E-state index is 0.240. The summed E-state index contributed by atoms with van der Waals surface area (Å²) in [6.45, 7) is 2.25. The summed E-state index contributed by atoms with van der Waals surface area (Å²) < 4.78 is 4.61. The van der Waals surface area contributed by atoms with E-state index in [0.717, 1.165) is 0 Å². The number of ether oxygens (including phenoxy) is 1. The minimum Gasteiger partial charge on any atom is -0.469 e. The Morgan fingerprint density at radius 3 is 2.73 bits per heavy atom. The molecule has 1 unspecified atom stereocenters. The van der Waals surface area contributed by atoms with Crippen molar-refractivity contribution in [2.75, 3.05) is 27.0 Å². The standard InChI is InChI=1S/C9H15N3O2S/c1-7(8(13)14-3)5-12(2)9(15-4)11-6-10/h7H,5H2,1-4H3. The zero-order valence-corrected chi connectivity index (χ0v) is 10.2. The van der Waals surface area contributed by atoms with Gasteiger partial charge in [-0.05, 0) is 6.26 Å². The number of methoxy groups -OCH3 is 1. The van der Waals surface area contributed by atoms with Crippen molar-refractivity contribution in [2.45, 2.75) is 6.92 Å². The molecule has 0 heterocycles. The molecule has 0 aliphatic rings. The smallest absolute Gasteiger partial charge is 0.310 e. The molecule has 15 heavy (non-hydrogen) atoms. The topological polar surface area (TPSA) is 65.7 Å². The quantitative estimate of drug-likeness (QED) is 0.312. The van der Waals surface area contributed by atoms with Gasteiger partial charge in [-0.15, -0.1) is 4.99 Å². The molecule has 0 N–H and O–H groups in total. The van der Waals surface area contributed by atoms with Gasteiger partial charge in [-0.1, -0.05) is 18.7 Å². The molecule has 0 aromatic rings. The molecule has 0 fully saturated rings. The molecule has 0 saturated carbocycles. The number of hydrogen-bond acceptors (Lipinski definition) is 5. The van der Waals surface area contributed by atoms with Gasteiger partial charge in [-0.25, -0.2) is 0 Å². The van der Waals surface area contributed by atoms with Crippen molar-refractivity contribution in [2.24, 2.45) is 10.9 Å². The van der Waals surface area contributed by atoms with Crippen molar-refractivity contribution in [3.05, 3.63) is 0 Å². The fourth-order valence-electron chi connectivity index (χ4n) is 1.09. The van der Waals surface area contributed by atoms with Gasteiger partial charge in [0.2, 0.25) is 6.19 Å². The Kier molecular flexibility index (Phi) is 6.54. The largest absolute Gasteiger partial charge is 0.469 e. The van der Waals surface area contributed by atoms with Crippen molar-refractivity contribution in [1.29, 1.82) is 5.26 Å². The van der Waals surface area contributed by atoms with Gasteiger partial charge >= 0.3 is 5.97 Å². The van der Waals surface area contributed by atoms with Gasteiger partial charge in [-0.3, -0.25) is 4.79 Å². The first-order valence-electron chi connectivity index (χ1n) is 4.36. The molecule has 0 aliphatic heterocycles. The number of esters is 1. The lowest BCUT2D eigenvalue weighted by Gasteiger charge is -2.21. The molecule has 0 amide bonds. The first-order valence-corrected chi connectivity index (χ1v) is 5.59. The normalized spacial score (nSPS) is 12.9. The molecule has 0 saturated heterocycles. The molecule has 5 nitrogen and oxygen atoms in total. The summed E-state index contributed by atoms with van der Waals surface area (Å²) in [6.07, 6.45) is 3.55. The Hall–Kier alpha value is -1.22. The van der Waals surface area contributed by atoms with E-state index in [0.29, 0.717) is 11.7 Å². The van der Waals surface area contributed by atoms with E-state index in [2.05, 4.69) is 9.73 Å². The van der Waals surface area contributed by atoms with Gasteiger partial charge < -0.3 is 9.64 Å². The maximum absolute atomic E-state index is 11.2. The Balaban J connectivity index is 4.35. The second-order valence-corrected chi connectivity index (χ2v) is 3.78. The predicted octanol–water partition coefficient (Wildman–Crippen LogP) is 0.927. The van der Waals surface area contributed by atoms with Crippen molar-refractivity contribution >= 4 is 22.9 Å². The van der Waals surface area contributed by atoms with E-state index in [1.54, 1.807) is 25.1 Å². The van der Waals surface area contributed by atoms with Crippen LogP contribution in [0.4, 0.5) is 0 Å². The number of carbonyl (C=O) groups is 1. The minimum atomic E-state index is -0.265. The summed E-state index contributed by atoms with van der Waals surface area (Å²) >= 11 is 1.37. The third-order valence-corrected chi connectivity index (χ3v) is 2.57. The summed E-state index contributed by atoms with van der Waals surface area (Å²) in [5.41, 5.74) is 0. The van der Waals surface area contributed by atoms with Crippen LogP contribution in [0.25, 0.3) is 0 Å². The molecule has 0 bridgehead atoms. The summed E-state index contributed by atoms with van der Waals surface area (Å²) in [5, 5.41) is 9.03. The first-order chi connectivity index (χ1) is 7.06. The van der Waals surface area contributed by atoms with E-state index in [1.807, 2.05) is 6.26 Å². The Morgan fingerprint density at radius 1 is 1.73 bits per heavy atom. The fraction of sp³-hybridized carbons (Fsp3) is 0.667. The molecule has 6 heteroatoms. The number of nitriles is 1. The fourth-order valence-corrected chi connectivity index (χ4v) is 1.61. The molecule has 1 atom stereocenters. The van der Waals surface area contributed by atoms with E-state index in [4.69, 9.17) is 5.26 Å². The number of amidine groups is 1. The van der Waals surface area contributed by atoms with Crippen LogP contribution in [0.15, 0.2) is 4.99 Å². The lowest BCUT2D eigenvalue weighted by Crippen LogP contribution is -2.32. The highest BCUT2D eigenvalue weighted by Gasteiger charge is 2.17. The van der Waals surface area contributed by atoms with Crippen LogP contribution in [0.5, 0.6) is 0 Å². The lowest BCUT2D eigenvalue weighted by molar-refractivity contribution is -0.145. The van der Waals surface area contributed by atoms with Crippen molar-refractivity contribution in [3.8, 4) is 6.19 Å². The average Bonchev–Trinajstić information content (AvgIpc) is 2.24. The third kappa shape index (κ3) is 4.70. The summed E-state index contributed by atoms with van der Waals surface area (Å²) in [4.78, 5) is 16.6. The van der Waals surface area contributed by atoms with E-state index in [9.17, 15) is 4.79 Å². The Morgan fingerprint density at radius 2 is 2.33 bits per heavy atom. The number of aliphatic imine (C=N–C) groups is 1. The van der Waals surface area contributed by atoms with Gasteiger partial charge in [0, 0.05) is 13.6 Å². The van der Waals surface area contributed by atoms with Crippen molar-refractivity contribution in [3.63, 3.8) is 0 Å². The van der Waals surface area contributed by atoms with Crippen molar-refractivity contribution in [1.82, 2.24) is 4.90 Å². The van der Waals surface area contributed by atoms with Gasteiger partial charge in [0.25, 0.3) is 0 Å². The van der Waals surface area contributed by atoms with Crippen LogP contribution in [0.1, 0.15) is 6.92 Å². The van der Waals surface area contributed by atoms with Crippen LogP contribution >= 0.6 is 11.8 Å². The van der Waals surface area contributed by atoms with E-state index >= 15 is 0 Å². The van der Waals surface area contributed by atoms with Crippen LogP contribution in [0.2, 0.25) is 0 Å². The molecule has 0 aromatic heterocycles. The highest BCUT2D eigenvalue weighted by Crippen LogP contribution is 2.07. The Labute approximate surface area is 94.1 Å². The second-order valence-electron chi connectivity index (χ2n) is 3.00. The molecule has 84 valence electrons. The van der Waals surface area contributed by atoms with Crippen LogP contribution in [-0.4, -0.2) is 43.0 Å². The van der Waals surface area contributed by atoms with E-state index < -0.39 is 0 Å². The molecular formula is C9H15N3O2S. The monoisotopic (exact) mass is 229 g/mol. The van der Waals surface area contributed by atoms with Crippen LogP contribution in [0, 0.1) is 17.4 Å². The van der Waals surface area contributed by atoms with Crippen LogP contribution in [-0.2, 0) is 9.53 Å². The number of thioether (sulfide) groups is 1. The lowest BCUT2D eigenvalue weighted by atomic mass is 10.2. The van der Waals surface area contributed by atoms with Gasteiger partial charge in [0.1, 0.15) is 0 Å². The highest BCUT2D eigenvalue weighted by molar-refractivity contribution is 8.13. The molecule has 0 rings (SSSR count). The van der Waals surface area contributed by atoms with Crippen LogP contribution in [0.3, 0.4) is 0 Å². The Bertz CT molecular complexity index is 286. The number of nitrogens with zero attached hydrogens (tertiary/aromatic N) is 3. The number of rotatable bonds is 3. The number of hydrogen-bond donors (Lipinski definition) is 0.